The van der Waals surface area contributed by atoms with Crippen LogP contribution in [0.25, 0.3) is 0 Å². The molecule has 13 heavy (non-hydrogen) atoms. The van der Waals surface area contributed by atoms with Gasteiger partial charge < -0.3 is 9.79 Å². The fraction of sp³-hybridized carbons (Fsp3) is 0.875. The lowest BCUT2D eigenvalue weighted by molar-refractivity contribution is -0.120. The van der Waals surface area contributed by atoms with Gasteiger partial charge in [0.25, 0.3) is 0 Å². The average molecular weight is 208 g/mol. The normalized spacial score (nSPS) is 16.7. The van der Waals surface area contributed by atoms with Gasteiger partial charge in [-0.3, -0.25) is 9.36 Å². The zero-order valence-corrected chi connectivity index (χ0v) is 9.12. The third-order valence-electron chi connectivity index (χ3n) is 2.27. The van der Waals surface area contributed by atoms with Gasteiger partial charge in [-0.1, -0.05) is 13.8 Å². The second-order valence-electron chi connectivity index (χ2n) is 3.40. The maximum atomic E-state index is 10.9. The Morgan fingerprint density at radius 1 is 1.46 bits per heavy atom. The van der Waals surface area contributed by atoms with Gasteiger partial charge in [-0.05, 0) is 19.8 Å². The van der Waals surface area contributed by atoms with Gasteiger partial charge in [-0.2, -0.15) is 0 Å². The van der Waals surface area contributed by atoms with E-state index >= 15 is 0 Å². The molecule has 0 saturated carbocycles. The zero-order valence-electron chi connectivity index (χ0n) is 8.23. The lowest BCUT2D eigenvalue weighted by atomic mass is 10.0. The SMILES string of the molecule is CCC(CC(C)C(C)=O)P(=O)(O)O. The van der Waals surface area contributed by atoms with Crippen molar-refractivity contribution in [1.29, 1.82) is 0 Å². The molecule has 0 heterocycles. The molecular formula is C8H17O4P. The molecule has 0 bridgehead atoms. The van der Waals surface area contributed by atoms with Crippen LogP contribution in [0, 0.1) is 5.92 Å². The van der Waals surface area contributed by atoms with Crippen LogP contribution in [-0.4, -0.2) is 21.2 Å². The molecule has 0 aromatic carbocycles. The molecule has 2 unspecified atom stereocenters. The predicted octanol–water partition coefficient (Wildman–Crippen LogP) is 1.56. The van der Waals surface area contributed by atoms with E-state index in [0.29, 0.717) is 6.42 Å². The molecule has 78 valence electrons. The fourth-order valence-corrected chi connectivity index (χ4v) is 2.18. The van der Waals surface area contributed by atoms with Crippen molar-refractivity contribution in [3.8, 4) is 0 Å². The monoisotopic (exact) mass is 208 g/mol. The fourth-order valence-electron chi connectivity index (χ4n) is 1.12. The van der Waals surface area contributed by atoms with Crippen molar-refractivity contribution < 1.29 is 19.1 Å². The zero-order chi connectivity index (χ0) is 10.6. The minimum absolute atomic E-state index is 0.0214. The molecule has 0 aromatic rings. The lowest BCUT2D eigenvalue weighted by Crippen LogP contribution is -2.16. The van der Waals surface area contributed by atoms with Gasteiger partial charge in [-0.25, -0.2) is 0 Å². The summed E-state index contributed by atoms with van der Waals surface area (Å²) in [4.78, 5) is 28.7. The van der Waals surface area contributed by atoms with Crippen molar-refractivity contribution in [3.05, 3.63) is 0 Å². The first-order valence-electron chi connectivity index (χ1n) is 4.34. The second kappa shape index (κ2) is 4.89. The summed E-state index contributed by atoms with van der Waals surface area (Å²) >= 11 is 0. The van der Waals surface area contributed by atoms with E-state index in [1.54, 1.807) is 13.8 Å². The highest BCUT2D eigenvalue weighted by molar-refractivity contribution is 7.52. The number of hydrogen-bond acceptors (Lipinski definition) is 2. The van der Waals surface area contributed by atoms with Crippen molar-refractivity contribution in [3.63, 3.8) is 0 Å². The van der Waals surface area contributed by atoms with Gasteiger partial charge in [-0.15, -0.1) is 0 Å². The van der Waals surface area contributed by atoms with E-state index in [2.05, 4.69) is 0 Å². The lowest BCUT2D eigenvalue weighted by Gasteiger charge is -2.18. The van der Waals surface area contributed by atoms with Crippen LogP contribution in [0.2, 0.25) is 0 Å². The predicted molar refractivity (Wildman–Crippen MR) is 50.6 cm³/mol. The molecule has 0 radical (unpaired) electrons. The summed E-state index contributed by atoms with van der Waals surface area (Å²) in [7, 11) is -4.02. The van der Waals surface area contributed by atoms with E-state index in [0.717, 1.165) is 0 Å². The van der Waals surface area contributed by atoms with Gasteiger partial charge in [0.05, 0.1) is 5.66 Å². The maximum absolute atomic E-state index is 10.9. The van der Waals surface area contributed by atoms with Crippen LogP contribution in [0.5, 0.6) is 0 Å². The highest BCUT2D eigenvalue weighted by Crippen LogP contribution is 2.45. The second-order valence-corrected chi connectivity index (χ2v) is 5.31. The third kappa shape index (κ3) is 4.55. The highest BCUT2D eigenvalue weighted by atomic mass is 31.2. The Kier molecular flexibility index (Phi) is 4.82. The van der Waals surface area contributed by atoms with E-state index in [1.807, 2.05) is 0 Å². The maximum Gasteiger partial charge on any atom is 0.328 e. The average Bonchev–Trinajstić information content (AvgIpc) is 1.96. The first kappa shape index (κ1) is 12.8. The number of ketones is 1. The van der Waals surface area contributed by atoms with Gasteiger partial charge in [0.15, 0.2) is 0 Å². The number of carbonyl (C=O) groups excluding carboxylic acids is 1. The Bertz CT molecular complexity index is 220. The molecular weight excluding hydrogens is 191 g/mol. The molecule has 0 aliphatic rings. The van der Waals surface area contributed by atoms with E-state index in [9.17, 15) is 9.36 Å². The van der Waals surface area contributed by atoms with Gasteiger partial charge >= 0.3 is 7.60 Å². The molecule has 5 heteroatoms. The molecule has 2 N–H and O–H groups in total. The molecule has 0 aliphatic carbocycles. The molecule has 4 nitrogen and oxygen atoms in total. The third-order valence-corrected chi connectivity index (χ3v) is 3.79. The van der Waals surface area contributed by atoms with Crippen molar-refractivity contribution in [2.24, 2.45) is 5.92 Å². The van der Waals surface area contributed by atoms with Gasteiger partial charge in [0, 0.05) is 5.92 Å². The van der Waals surface area contributed by atoms with E-state index in [4.69, 9.17) is 9.79 Å². The van der Waals surface area contributed by atoms with Crippen LogP contribution in [-0.2, 0) is 9.36 Å². The van der Waals surface area contributed by atoms with Crippen LogP contribution in [0.1, 0.15) is 33.6 Å². The summed E-state index contributed by atoms with van der Waals surface area (Å²) in [5.74, 6) is -0.288. The Morgan fingerprint density at radius 3 is 2.15 bits per heavy atom. The van der Waals surface area contributed by atoms with E-state index < -0.39 is 13.3 Å². The summed E-state index contributed by atoms with van der Waals surface area (Å²) in [5, 5.41) is 0. The smallest absolute Gasteiger partial charge is 0.324 e. The van der Waals surface area contributed by atoms with Crippen molar-refractivity contribution in [1.82, 2.24) is 0 Å². The topological polar surface area (TPSA) is 74.6 Å². The standard InChI is InChI=1S/C8H17O4P/c1-4-8(13(10,11)12)5-6(2)7(3)9/h6,8H,4-5H2,1-3H3,(H2,10,11,12). The van der Waals surface area contributed by atoms with Crippen LogP contribution in [0.4, 0.5) is 0 Å². The summed E-state index contributed by atoms with van der Waals surface area (Å²) in [6, 6.07) is 0. The summed E-state index contributed by atoms with van der Waals surface area (Å²) in [6.45, 7) is 4.86. The van der Waals surface area contributed by atoms with Crippen LogP contribution < -0.4 is 0 Å². The first-order chi connectivity index (χ1) is 5.79. The van der Waals surface area contributed by atoms with Crippen molar-refractivity contribution in [2.45, 2.75) is 39.3 Å². The summed E-state index contributed by atoms with van der Waals surface area (Å²) in [5.41, 5.74) is -0.675. The molecule has 0 fully saturated rings. The van der Waals surface area contributed by atoms with Crippen molar-refractivity contribution >= 4 is 13.4 Å². The summed E-state index contributed by atoms with van der Waals surface area (Å²) < 4.78 is 10.9. The van der Waals surface area contributed by atoms with Gasteiger partial charge in [0.2, 0.25) is 0 Å². The molecule has 0 aromatic heterocycles. The number of rotatable bonds is 5. The van der Waals surface area contributed by atoms with Crippen molar-refractivity contribution in [2.75, 3.05) is 0 Å². The Balaban J connectivity index is 4.31. The van der Waals surface area contributed by atoms with Crippen LogP contribution in [0.15, 0.2) is 0 Å². The van der Waals surface area contributed by atoms with Gasteiger partial charge in [0.1, 0.15) is 5.78 Å². The number of carbonyl (C=O) groups is 1. The molecule has 0 aliphatic heterocycles. The molecule has 0 amide bonds. The number of hydrogen-bond donors (Lipinski definition) is 2. The van der Waals surface area contributed by atoms with Crippen LogP contribution in [0.3, 0.4) is 0 Å². The molecule has 0 spiro atoms. The molecule has 0 rings (SSSR count). The van der Waals surface area contributed by atoms with E-state index in [1.165, 1.54) is 6.92 Å². The largest absolute Gasteiger partial charge is 0.328 e. The Morgan fingerprint density at radius 2 is 1.92 bits per heavy atom. The summed E-state index contributed by atoms with van der Waals surface area (Å²) in [6.07, 6.45) is 0.679. The number of Topliss-reactive ketones (excluding diaryl/α,β-unsaturated/α-hetero) is 1. The van der Waals surface area contributed by atoms with E-state index in [-0.39, 0.29) is 18.1 Å². The Hall–Kier alpha value is -0.180. The molecule has 0 saturated heterocycles. The first-order valence-corrected chi connectivity index (χ1v) is 6.02. The highest BCUT2D eigenvalue weighted by Gasteiger charge is 2.29. The molecule has 2 atom stereocenters. The minimum Gasteiger partial charge on any atom is -0.324 e. The quantitative estimate of drug-likeness (QED) is 0.672. The minimum atomic E-state index is -4.02. The van der Waals surface area contributed by atoms with Crippen LogP contribution >= 0.6 is 7.60 Å². The Labute approximate surface area is 78.5 Å².